The zero-order valence-electron chi connectivity index (χ0n) is 14.0. The van der Waals surface area contributed by atoms with Crippen LogP contribution in [0.5, 0.6) is 5.75 Å². The number of hydrogen-bond donors (Lipinski definition) is 1. The molecule has 0 aliphatic heterocycles. The van der Waals surface area contributed by atoms with Gasteiger partial charge in [-0.15, -0.1) is 0 Å². The van der Waals surface area contributed by atoms with Crippen LogP contribution in [0.1, 0.15) is 27.7 Å². The predicted octanol–water partition coefficient (Wildman–Crippen LogP) is 2.16. The van der Waals surface area contributed by atoms with Gasteiger partial charge in [-0.3, -0.25) is 4.79 Å². The highest BCUT2D eigenvalue weighted by Gasteiger charge is 2.13. The van der Waals surface area contributed by atoms with Crippen LogP contribution in [-0.4, -0.2) is 43.0 Å². The molecule has 23 heavy (non-hydrogen) atoms. The number of nitrogens with zero attached hydrogens (tertiary/aromatic N) is 2. The molecule has 0 aliphatic rings. The number of likely N-dealkylation sites (N-methyl/N-ethyl adjacent to an activating group) is 1. The van der Waals surface area contributed by atoms with Gasteiger partial charge in [0.2, 0.25) is 5.89 Å². The van der Waals surface area contributed by atoms with Crippen molar-refractivity contribution in [2.75, 3.05) is 27.2 Å². The van der Waals surface area contributed by atoms with Gasteiger partial charge in [-0.2, -0.15) is 0 Å². The minimum Gasteiger partial charge on any atom is -0.491 e. The van der Waals surface area contributed by atoms with Crippen LogP contribution in [0.15, 0.2) is 28.7 Å². The van der Waals surface area contributed by atoms with Gasteiger partial charge in [0.1, 0.15) is 18.1 Å². The van der Waals surface area contributed by atoms with Gasteiger partial charge in [-0.25, -0.2) is 4.98 Å². The number of rotatable bonds is 7. The average molecular weight is 317 g/mol. The Hall–Kier alpha value is -2.34. The van der Waals surface area contributed by atoms with Gasteiger partial charge >= 0.3 is 0 Å². The van der Waals surface area contributed by atoms with E-state index < -0.39 is 0 Å². The fourth-order valence-corrected chi connectivity index (χ4v) is 1.98. The number of hydrogen-bond acceptors (Lipinski definition) is 5. The van der Waals surface area contributed by atoms with Crippen molar-refractivity contribution in [2.45, 2.75) is 20.4 Å². The van der Waals surface area contributed by atoms with Crippen LogP contribution in [0.25, 0.3) is 0 Å². The second-order valence-electron chi connectivity index (χ2n) is 5.58. The van der Waals surface area contributed by atoms with Gasteiger partial charge in [0.05, 0.1) is 17.8 Å². The van der Waals surface area contributed by atoms with Crippen LogP contribution in [-0.2, 0) is 6.54 Å². The minimum atomic E-state index is -0.209. The van der Waals surface area contributed by atoms with Crippen molar-refractivity contribution in [2.24, 2.45) is 0 Å². The number of amides is 1. The standard InChI is InChI=1S/C17H23N3O3/c1-12-13(2)23-16(19-12)11-18-17(21)14-7-5-6-8-15(14)22-10-9-20(3)4/h5-8H,9-11H2,1-4H3,(H,18,21). The summed E-state index contributed by atoms with van der Waals surface area (Å²) in [5.41, 5.74) is 1.34. The van der Waals surface area contributed by atoms with Crippen molar-refractivity contribution in [3.63, 3.8) is 0 Å². The van der Waals surface area contributed by atoms with Crippen molar-refractivity contribution in [1.82, 2.24) is 15.2 Å². The number of benzene rings is 1. The number of nitrogens with one attached hydrogen (secondary N) is 1. The quantitative estimate of drug-likeness (QED) is 0.847. The van der Waals surface area contributed by atoms with E-state index in [-0.39, 0.29) is 12.5 Å². The number of aryl methyl sites for hydroxylation is 2. The summed E-state index contributed by atoms with van der Waals surface area (Å²) in [6.45, 7) is 5.28. The Morgan fingerprint density at radius 3 is 2.70 bits per heavy atom. The lowest BCUT2D eigenvalue weighted by molar-refractivity contribution is 0.0942. The van der Waals surface area contributed by atoms with Gasteiger partial charge in [-0.05, 0) is 40.1 Å². The summed E-state index contributed by atoms with van der Waals surface area (Å²) in [4.78, 5) is 18.6. The molecule has 0 unspecified atom stereocenters. The van der Waals surface area contributed by atoms with E-state index in [1.54, 1.807) is 12.1 Å². The molecule has 2 rings (SSSR count). The molecule has 0 spiro atoms. The molecule has 0 aliphatic carbocycles. The maximum absolute atomic E-state index is 12.4. The highest BCUT2D eigenvalue weighted by atomic mass is 16.5. The van der Waals surface area contributed by atoms with Crippen LogP contribution in [0.4, 0.5) is 0 Å². The van der Waals surface area contributed by atoms with E-state index in [4.69, 9.17) is 9.15 Å². The molecule has 6 heteroatoms. The molecule has 124 valence electrons. The molecule has 0 saturated heterocycles. The Labute approximate surface area is 136 Å². The lowest BCUT2D eigenvalue weighted by Gasteiger charge is -2.13. The first-order valence-electron chi connectivity index (χ1n) is 7.55. The van der Waals surface area contributed by atoms with Crippen molar-refractivity contribution < 1.29 is 13.9 Å². The third kappa shape index (κ3) is 4.82. The molecule has 1 N–H and O–H groups in total. The molecule has 0 radical (unpaired) electrons. The number of carbonyl (C=O) groups is 1. The van der Waals surface area contributed by atoms with Crippen molar-refractivity contribution in [3.05, 3.63) is 47.2 Å². The van der Waals surface area contributed by atoms with Crippen LogP contribution >= 0.6 is 0 Å². The molecule has 1 aromatic carbocycles. The van der Waals surface area contributed by atoms with E-state index in [1.807, 2.05) is 45.0 Å². The van der Waals surface area contributed by atoms with Crippen LogP contribution in [0.2, 0.25) is 0 Å². The Kier molecular flexibility index (Phi) is 5.76. The lowest BCUT2D eigenvalue weighted by atomic mass is 10.2. The molecule has 0 fully saturated rings. The van der Waals surface area contributed by atoms with Gasteiger partial charge < -0.3 is 19.4 Å². The summed E-state index contributed by atoms with van der Waals surface area (Å²) in [7, 11) is 3.95. The van der Waals surface area contributed by atoms with E-state index in [0.717, 1.165) is 18.0 Å². The van der Waals surface area contributed by atoms with E-state index in [9.17, 15) is 4.79 Å². The lowest BCUT2D eigenvalue weighted by Crippen LogP contribution is -2.24. The van der Waals surface area contributed by atoms with Gasteiger partial charge in [0, 0.05) is 6.54 Å². The molecule has 1 heterocycles. The first kappa shape index (κ1) is 17.0. The van der Waals surface area contributed by atoms with Gasteiger partial charge in [0.25, 0.3) is 5.91 Å². The van der Waals surface area contributed by atoms with Crippen LogP contribution < -0.4 is 10.1 Å². The molecule has 0 atom stereocenters. The molecular formula is C17H23N3O3. The third-order valence-electron chi connectivity index (χ3n) is 3.40. The van der Waals surface area contributed by atoms with Crippen LogP contribution in [0.3, 0.4) is 0 Å². The first-order valence-corrected chi connectivity index (χ1v) is 7.55. The molecule has 0 bridgehead atoms. The summed E-state index contributed by atoms with van der Waals surface area (Å²) in [6.07, 6.45) is 0. The molecule has 0 saturated carbocycles. The maximum Gasteiger partial charge on any atom is 0.255 e. The Bertz CT molecular complexity index is 645. The molecule has 6 nitrogen and oxygen atoms in total. The van der Waals surface area contributed by atoms with Crippen molar-refractivity contribution >= 4 is 5.91 Å². The summed E-state index contributed by atoms with van der Waals surface area (Å²) in [5.74, 6) is 1.63. The third-order valence-corrected chi connectivity index (χ3v) is 3.40. The fourth-order valence-electron chi connectivity index (χ4n) is 1.98. The molecule has 2 aromatic rings. The number of oxazole rings is 1. The largest absolute Gasteiger partial charge is 0.491 e. The zero-order valence-corrected chi connectivity index (χ0v) is 14.0. The summed E-state index contributed by atoms with van der Waals surface area (Å²) < 4.78 is 11.2. The predicted molar refractivity (Wildman–Crippen MR) is 87.6 cm³/mol. The average Bonchev–Trinajstić information content (AvgIpc) is 2.83. The van der Waals surface area contributed by atoms with E-state index in [0.29, 0.717) is 23.8 Å². The van der Waals surface area contributed by atoms with Crippen LogP contribution in [0, 0.1) is 13.8 Å². The van der Waals surface area contributed by atoms with Crippen molar-refractivity contribution in [3.8, 4) is 5.75 Å². The second-order valence-corrected chi connectivity index (χ2v) is 5.58. The molecule has 1 amide bonds. The number of aromatic nitrogens is 1. The van der Waals surface area contributed by atoms with E-state index in [1.165, 1.54) is 0 Å². The highest BCUT2D eigenvalue weighted by Crippen LogP contribution is 2.18. The second kappa shape index (κ2) is 7.78. The van der Waals surface area contributed by atoms with Gasteiger partial charge in [0.15, 0.2) is 0 Å². The molecule has 1 aromatic heterocycles. The van der Waals surface area contributed by atoms with Gasteiger partial charge in [-0.1, -0.05) is 12.1 Å². The van der Waals surface area contributed by atoms with E-state index >= 15 is 0 Å². The monoisotopic (exact) mass is 317 g/mol. The van der Waals surface area contributed by atoms with Crippen molar-refractivity contribution in [1.29, 1.82) is 0 Å². The maximum atomic E-state index is 12.4. The smallest absolute Gasteiger partial charge is 0.255 e. The number of para-hydroxylation sites is 1. The Balaban J connectivity index is 1.98. The van der Waals surface area contributed by atoms with E-state index in [2.05, 4.69) is 10.3 Å². The molecular weight excluding hydrogens is 294 g/mol. The Morgan fingerprint density at radius 1 is 1.30 bits per heavy atom. The number of carbonyl (C=O) groups excluding carboxylic acids is 1. The topological polar surface area (TPSA) is 67.6 Å². The first-order chi connectivity index (χ1) is 11.0. The minimum absolute atomic E-state index is 0.209. The summed E-state index contributed by atoms with van der Waals surface area (Å²) >= 11 is 0. The zero-order chi connectivity index (χ0) is 16.8. The summed E-state index contributed by atoms with van der Waals surface area (Å²) in [6, 6.07) is 7.20. The number of ether oxygens (including phenoxy) is 1. The Morgan fingerprint density at radius 2 is 2.04 bits per heavy atom. The summed E-state index contributed by atoms with van der Waals surface area (Å²) in [5, 5.41) is 2.81. The SMILES string of the molecule is Cc1nc(CNC(=O)c2ccccc2OCCN(C)C)oc1C. The highest BCUT2D eigenvalue weighted by molar-refractivity contribution is 5.96. The normalized spacial score (nSPS) is 10.8. The fraction of sp³-hybridized carbons (Fsp3) is 0.412.